The number of rotatable bonds is 2. The van der Waals surface area contributed by atoms with E-state index in [1.54, 1.807) is 4.90 Å². The van der Waals surface area contributed by atoms with Gasteiger partial charge in [0.05, 0.1) is 18.6 Å². The molecule has 0 spiro atoms. The standard InChI is InChI=1S/C15H23N3O2/c1-15(2,3)20-14(19)17-7-6-13-12(9-17)16-10-18(13)8-11-4-5-11/h10-11H,4-9H2,1-3H3. The Balaban J connectivity index is 1.66. The average molecular weight is 277 g/mol. The fraction of sp³-hybridized carbons (Fsp3) is 0.733. The number of ether oxygens (including phenoxy) is 1. The second-order valence-corrected chi connectivity index (χ2v) is 6.89. The van der Waals surface area contributed by atoms with Crippen LogP contribution in [0.1, 0.15) is 45.0 Å². The molecule has 1 amide bonds. The third kappa shape index (κ3) is 2.97. The van der Waals surface area contributed by atoms with Crippen LogP contribution in [0.25, 0.3) is 0 Å². The summed E-state index contributed by atoms with van der Waals surface area (Å²) in [6.07, 6.45) is 5.26. The van der Waals surface area contributed by atoms with E-state index in [0.29, 0.717) is 6.54 Å². The minimum atomic E-state index is -0.442. The number of fused-ring (bicyclic) bond motifs is 1. The predicted molar refractivity (Wildman–Crippen MR) is 75.3 cm³/mol. The highest BCUT2D eigenvalue weighted by Crippen LogP contribution is 2.32. The van der Waals surface area contributed by atoms with E-state index in [4.69, 9.17) is 4.74 Å². The van der Waals surface area contributed by atoms with Crippen molar-refractivity contribution in [3.63, 3.8) is 0 Å². The molecule has 0 saturated heterocycles. The molecule has 0 N–H and O–H groups in total. The van der Waals surface area contributed by atoms with Gasteiger partial charge in [0.25, 0.3) is 0 Å². The third-order valence-electron chi connectivity index (χ3n) is 3.80. The normalized spacial score (nSPS) is 18.9. The minimum Gasteiger partial charge on any atom is -0.444 e. The Hall–Kier alpha value is -1.52. The topological polar surface area (TPSA) is 47.4 Å². The molecule has 1 saturated carbocycles. The molecule has 5 nitrogen and oxygen atoms in total. The first-order valence-corrected chi connectivity index (χ1v) is 7.43. The molecule has 1 aliphatic carbocycles. The van der Waals surface area contributed by atoms with Crippen molar-refractivity contribution in [3.8, 4) is 0 Å². The van der Waals surface area contributed by atoms with Gasteiger partial charge in [-0.3, -0.25) is 0 Å². The zero-order valence-corrected chi connectivity index (χ0v) is 12.6. The number of carbonyl (C=O) groups excluding carboxylic acids is 1. The molecule has 0 radical (unpaired) electrons. The molecule has 0 atom stereocenters. The van der Waals surface area contributed by atoms with Crippen LogP contribution in [0, 0.1) is 5.92 Å². The molecular weight excluding hydrogens is 254 g/mol. The fourth-order valence-corrected chi connectivity index (χ4v) is 2.59. The molecule has 0 unspecified atom stereocenters. The number of aromatic nitrogens is 2. The molecule has 0 aromatic carbocycles. The van der Waals surface area contributed by atoms with E-state index in [1.165, 1.54) is 18.5 Å². The number of imidazole rings is 1. The van der Waals surface area contributed by atoms with Crippen molar-refractivity contribution in [1.82, 2.24) is 14.5 Å². The van der Waals surface area contributed by atoms with Crippen LogP contribution in [0.4, 0.5) is 4.79 Å². The van der Waals surface area contributed by atoms with Gasteiger partial charge in [0.2, 0.25) is 0 Å². The molecule has 2 aliphatic rings. The van der Waals surface area contributed by atoms with Crippen LogP contribution in [0.5, 0.6) is 0 Å². The SMILES string of the molecule is CC(C)(C)OC(=O)N1CCc2c(ncn2CC2CC2)C1. The maximum Gasteiger partial charge on any atom is 0.410 e. The minimum absolute atomic E-state index is 0.236. The van der Waals surface area contributed by atoms with E-state index >= 15 is 0 Å². The van der Waals surface area contributed by atoms with Crippen molar-refractivity contribution >= 4 is 6.09 Å². The Morgan fingerprint density at radius 3 is 2.85 bits per heavy atom. The Labute approximate surface area is 119 Å². The molecule has 110 valence electrons. The molecule has 1 aromatic rings. The maximum atomic E-state index is 12.1. The van der Waals surface area contributed by atoms with Crippen molar-refractivity contribution < 1.29 is 9.53 Å². The highest BCUT2D eigenvalue weighted by Gasteiger charge is 2.29. The Bertz CT molecular complexity index is 512. The highest BCUT2D eigenvalue weighted by molar-refractivity contribution is 5.68. The van der Waals surface area contributed by atoms with Crippen molar-refractivity contribution in [2.24, 2.45) is 5.92 Å². The maximum absolute atomic E-state index is 12.1. The summed E-state index contributed by atoms with van der Waals surface area (Å²) >= 11 is 0. The largest absolute Gasteiger partial charge is 0.444 e. The first-order chi connectivity index (χ1) is 9.42. The van der Waals surface area contributed by atoms with Gasteiger partial charge < -0.3 is 14.2 Å². The average Bonchev–Trinajstić information content (AvgIpc) is 3.07. The van der Waals surface area contributed by atoms with E-state index in [-0.39, 0.29) is 6.09 Å². The van der Waals surface area contributed by atoms with E-state index in [1.807, 2.05) is 27.1 Å². The molecule has 0 bridgehead atoms. The molecule has 20 heavy (non-hydrogen) atoms. The van der Waals surface area contributed by atoms with Crippen molar-refractivity contribution in [1.29, 1.82) is 0 Å². The van der Waals surface area contributed by atoms with E-state index in [2.05, 4.69) is 9.55 Å². The lowest BCUT2D eigenvalue weighted by molar-refractivity contribution is 0.0220. The van der Waals surface area contributed by atoms with Gasteiger partial charge in [-0.1, -0.05) is 0 Å². The molecular formula is C15H23N3O2. The van der Waals surface area contributed by atoms with Gasteiger partial charge in [0.15, 0.2) is 0 Å². The summed E-state index contributed by atoms with van der Waals surface area (Å²) in [5.74, 6) is 0.845. The van der Waals surface area contributed by atoms with Crippen LogP contribution >= 0.6 is 0 Å². The highest BCUT2D eigenvalue weighted by atomic mass is 16.6. The molecule has 1 fully saturated rings. The predicted octanol–water partition coefficient (Wildman–Crippen LogP) is 2.59. The lowest BCUT2D eigenvalue weighted by atomic mass is 10.1. The van der Waals surface area contributed by atoms with Crippen LogP contribution in [0.15, 0.2) is 6.33 Å². The Kier molecular flexibility index (Phi) is 3.22. The van der Waals surface area contributed by atoms with Gasteiger partial charge >= 0.3 is 6.09 Å². The van der Waals surface area contributed by atoms with Gasteiger partial charge in [-0.05, 0) is 39.5 Å². The molecule has 3 rings (SSSR count). The van der Waals surface area contributed by atoms with Crippen LogP contribution < -0.4 is 0 Å². The molecule has 5 heteroatoms. The smallest absolute Gasteiger partial charge is 0.410 e. The van der Waals surface area contributed by atoms with Gasteiger partial charge in [0, 0.05) is 25.2 Å². The number of nitrogens with zero attached hydrogens (tertiary/aromatic N) is 3. The first kappa shape index (κ1) is 13.5. The number of hydrogen-bond donors (Lipinski definition) is 0. The first-order valence-electron chi connectivity index (χ1n) is 7.43. The zero-order chi connectivity index (χ0) is 14.3. The Morgan fingerprint density at radius 1 is 1.45 bits per heavy atom. The van der Waals surface area contributed by atoms with Gasteiger partial charge in [-0.15, -0.1) is 0 Å². The summed E-state index contributed by atoms with van der Waals surface area (Å²) in [6, 6.07) is 0. The van der Waals surface area contributed by atoms with Crippen molar-refractivity contribution in [3.05, 3.63) is 17.7 Å². The van der Waals surface area contributed by atoms with Crippen LogP contribution in [-0.2, 0) is 24.2 Å². The number of hydrogen-bond acceptors (Lipinski definition) is 3. The Morgan fingerprint density at radius 2 is 2.20 bits per heavy atom. The van der Waals surface area contributed by atoms with Crippen LogP contribution in [0.2, 0.25) is 0 Å². The van der Waals surface area contributed by atoms with Gasteiger partial charge in [-0.2, -0.15) is 0 Å². The van der Waals surface area contributed by atoms with Gasteiger partial charge in [-0.25, -0.2) is 9.78 Å². The summed E-state index contributed by atoms with van der Waals surface area (Å²) < 4.78 is 7.70. The summed E-state index contributed by atoms with van der Waals surface area (Å²) in [7, 11) is 0. The van der Waals surface area contributed by atoms with Crippen molar-refractivity contribution in [2.45, 2.75) is 58.7 Å². The molecule has 1 aromatic heterocycles. The van der Waals surface area contributed by atoms with Crippen molar-refractivity contribution in [2.75, 3.05) is 6.54 Å². The summed E-state index contributed by atoms with van der Waals surface area (Å²) in [6.45, 7) is 8.06. The number of carbonyl (C=O) groups is 1. The lowest BCUT2D eigenvalue weighted by Crippen LogP contribution is -2.40. The summed E-state index contributed by atoms with van der Waals surface area (Å²) in [5.41, 5.74) is 1.89. The van der Waals surface area contributed by atoms with Crippen LogP contribution in [-0.4, -0.2) is 32.7 Å². The monoisotopic (exact) mass is 277 g/mol. The third-order valence-corrected chi connectivity index (χ3v) is 3.80. The van der Waals surface area contributed by atoms with E-state index in [9.17, 15) is 4.79 Å². The second-order valence-electron chi connectivity index (χ2n) is 6.89. The second kappa shape index (κ2) is 4.79. The van der Waals surface area contributed by atoms with E-state index < -0.39 is 5.60 Å². The molecule has 2 heterocycles. The van der Waals surface area contributed by atoms with Gasteiger partial charge in [0.1, 0.15) is 5.60 Å². The van der Waals surface area contributed by atoms with Crippen LogP contribution in [0.3, 0.4) is 0 Å². The summed E-state index contributed by atoms with van der Waals surface area (Å²) in [5, 5.41) is 0. The molecule has 1 aliphatic heterocycles. The zero-order valence-electron chi connectivity index (χ0n) is 12.6. The fourth-order valence-electron chi connectivity index (χ4n) is 2.59. The quantitative estimate of drug-likeness (QED) is 0.834. The number of amides is 1. The van der Waals surface area contributed by atoms with E-state index in [0.717, 1.165) is 31.1 Å². The lowest BCUT2D eigenvalue weighted by Gasteiger charge is -2.30. The summed E-state index contributed by atoms with van der Waals surface area (Å²) in [4.78, 5) is 18.3.